The molecule has 0 radical (unpaired) electrons. The predicted molar refractivity (Wildman–Crippen MR) is 29.1 cm³/mol. The molecule has 1 fully saturated rings. The number of rotatable bonds is 2. The first kappa shape index (κ1) is 9.07. The summed E-state index contributed by atoms with van der Waals surface area (Å²) in [7, 11) is 0. The number of carbonyl (C=O) groups is 1. The minimum atomic E-state index is -0.775. The molecule has 0 unspecified atom stereocenters. The summed E-state index contributed by atoms with van der Waals surface area (Å²) in [6.07, 6.45) is 0.192. The molecule has 3 nitrogen and oxygen atoms in total. The van der Waals surface area contributed by atoms with Gasteiger partial charge in [0.1, 0.15) is 0 Å². The van der Waals surface area contributed by atoms with Crippen LogP contribution in [0.3, 0.4) is 0 Å². The van der Waals surface area contributed by atoms with Crippen molar-refractivity contribution in [2.45, 2.75) is 12.5 Å². The third-order valence-electron chi connectivity index (χ3n) is 0.805. The fraction of sp³-hybridized carbons (Fsp3) is 0.750. The van der Waals surface area contributed by atoms with Gasteiger partial charge < -0.3 is 9.84 Å². The molecule has 1 heterocycles. The van der Waals surface area contributed by atoms with Crippen LogP contribution in [0.25, 0.3) is 0 Å². The van der Waals surface area contributed by atoms with Crippen LogP contribution in [0.2, 0.25) is 0 Å². The monoisotopic (exact) mass is 142 g/mol. The molecule has 0 saturated carbocycles. The quantitative estimate of drug-likeness (QED) is 0.406. The summed E-state index contributed by atoms with van der Waals surface area (Å²) in [4.78, 5) is 9.77. The fourth-order valence-electron chi connectivity index (χ4n) is 0.381. The minimum absolute atomic E-state index is 0. The number of carboxylic acids is 1. The first-order valence-electron chi connectivity index (χ1n) is 2.12. The van der Waals surface area contributed by atoms with E-state index in [1.807, 2.05) is 0 Å². The van der Waals surface area contributed by atoms with E-state index in [4.69, 9.17) is 5.11 Å². The molecule has 0 aliphatic carbocycles. The molecule has 4 heteroatoms. The molecule has 1 N–H and O–H groups in total. The van der Waals surface area contributed by atoms with E-state index in [1.165, 1.54) is 0 Å². The number of hydrogen-bond acceptors (Lipinski definition) is 2. The first-order chi connectivity index (χ1) is 3.29. The standard InChI is InChI=1S/C4H6O3.K.H/c5-4(6)1-3-2-7-3;;/h3H,1-2H2,(H,5,6);;/t3-;;/m0../s1. The van der Waals surface area contributed by atoms with Crippen molar-refractivity contribution in [1.82, 2.24) is 0 Å². The van der Waals surface area contributed by atoms with Crippen molar-refractivity contribution in [3.8, 4) is 0 Å². The van der Waals surface area contributed by atoms with Gasteiger partial charge in [-0.2, -0.15) is 0 Å². The predicted octanol–water partition coefficient (Wildman–Crippen LogP) is -0.789. The van der Waals surface area contributed by atoms with Gasteiger partial charge in [0.2, 0.25) is 0 Å². The van der Waals surface area contributed by atoms with Gasteiger partial charge >= 0.3 is 57.4 Å². The molecule has 0 aromatic carbocycles. The molecule has 0 amide bonds. The summed E-state index contributed by atoms with van der Waals surface area (Å²) in [5, 5.41) is 8.04. The van der Waals surface area contributed by atoms with Crippen LogP contribution in [0.4, 0.5) is 0 Å². The molecule has 1 aliphatic rings. The van der Waals surface area contributed by atoms with Gasteiger partial charge in [-0.3, -0.25) is 4.79 Å². The van der Waals surface area contributed by atoms with Crippen molar-refractivity contribution in [2.75, 3.05) is 6.61 Å². The Morgan fingerprint density at radius 3 is 2.50 bits per heavy atom. The van der Waals surface area contributed by atoms with Crippen molar-refractivity contribution in [3.63, 3.8) is 0 Å². The third-order valence-corrected chi connectivity index (χ3v) is 0.805. The van der Waals surface area contributed by atoms with E-state index in [2.05, 4.69) is 4.74 Å². The van der Waals surface area contributed by atoms with E-state index in [0.29, 0.717) is 6.61 Å². The molecule has 1 rings (SSSR count). The molecule has 0 spiro atoms. The van der Waals surface area contributed by atoms with Gasteiger partial charge in [-0.05, 0) is 0 Å². The number of carboxylic acid groups (broad SMARTS) is 1. The van der Waals surface area contributed by atoms with Crippen LogP contribution >= 0.6 is 0 Å². The number of hydrogen-bond donors (Lipinski definition) is 1. The summed E-state index contributed by atoms with van der Waals surface area (Å²) >= 11 is 0. The van der Waals surface area contributed by atoms with E-state index in [0.717, 1.165) is 0 Å². The Balaban J connectivity index is 0.000000490. The second-order valence-electron chi connectivity index (χ2n) is 1.55. The summed E-state index contributed by atoms with van der Waals surface area (Å²) in [6.45, 7) is 0.631. The molecule has 0 aromatic rings. The second-order valence-corrected chi connectivity index (χ2v) is 1.55. The van der Waals surface area contributed by atoms with Gasteiger partial charge in [-0.25, -0.2) is 0 Å². The Labute approximate surface area is 89.8 Å². The van der Waals surface area contributed by atoms with Gasteiger partial charge in [0.15, 0.2) is 0 Å². The van der Waals surface area contributed by atoms with Crippen LogP contribution in [-0.4, -0.2) is 75.2 Å². The van der Waals surface area contributed by atoms with E-state index in [1.54, 1.807) is 0 Å². The van der Waals surface area contributed by atoms with Gasteiger partial charge in [-0.15, -0.1) is 0 Å². The second kappa shape index (κ2) is 3.97. The fourth-order valence-corrected chi connectivity index (χ4v) is 0.381. The van der Waals surface area contributed by atoms with Gasteiger partial charge in [0, 0.05) is 0 Å². The zero-order valence-electron chi connectivity index (χ0n) is 3.76. The Morgan fingerprint density at radius 1 is 1.88 bits per heavy atom. The molecule has 1 atom stereocenters. The van der Waals surface area contributed by atoms with Gasteiger partial charge in [0.25, 0.3) is 0 Å². The van der Waals surface area contributed by atoms with Crippen LogP contribution in [0.1, 0.15) is 6.42 Å². The SMILES string of the molecule is O=C(O)C[C@H]1CO1.[KH]. The molecular formula is C4H7KO3. The summed E-state index contributed by atoms with van der Waals surface area (Å²) in [6, 6.07) is 0. The van der Waals surface area contributed by atoms with Crippen LogP contribution < -0.4 is 0 Å². The van der Waals surface area contributed by atoms with Crippen LogP contribution in [0.15, 0.2) is 0 Å². The Kier molecular flexibility index (Phi) is 4.50. The van der Waals surface area contributed by atoms with Crippen LogP contribution in [0.5, 0.6) is 0 Å². The molecule has 8 heavy (non-hydrogen) atoms. The molecule has 1 saturated heterocycles. The topological polar surface area (TPSA) is 49.8 Å². The van der Waals surface area contributed by atoms with Crippen molar-refractivity contribution in [1.29, 1.82) is 0 Å². The Hall–Kier alpha value is 1.07. The summed E-state index contributed by atoms with van der Waals surface area (Å²) < 4.78 is 4.64. The van der Waals surface area contributed by atoms with Gasteiger partial charge in [-0.1, -0.05) is 0 Å². The number of epoxide rings is 1. The number of aliphatic carboxylic acids is 1. The molecule has 0 aromatic heterocycles. The third kappa shape index (κ3) is 4.00. The Bertz CT molecular complexity index is 89.3. The Morgan fingerprint density at radius 2 is 2.38 bits per heavy atom. The van der Waals surface area contributed by atoms with Crippen molar-refractivity contribution >= 4 is 57.4 Å². The average molecular weight is 142 g/mol. The number of ether oxygens (including phenoxy) is 1. The first-order valence-corrected chi connectivity index (χ1v) is 2.12. The summed E-state index contributed by atoms with van der Waals surface area (Å²) in [5.74, 6) is -0.775. The van der Waals surface area contributed by atoms with E-state index in [-0.39, 0.29) is 63.9 Å². The van der Waals surface area contributed by atoms with Crippen LogP contribution in [-0.2, 0) is 9.53 Å². The summed E-state index contributed by atoms with van der Waals surface area (Å²) in [5.41, 5.74) is 0. The van der Waals surface area contributed by atoms with Crippen molar-refractivity contribution < 1.29 is 14.6 Å². The van der Waals surface area contributed by atoms with E-state index < -0.39 is 5.97 Å². The molecule has 42 valence electrons. The van der Waals surface area contributed by atoms with Crippen molar-refractivity contribution in [2.24, 2.45) is 0 Å². The maximum absolute atomic E-state index is 9.77. The zero-order valence-corrected chi connectivity index (χ0v) is 3.76. The van der Waals surface area contributed by atoms with E-state index >= 15 is 0 Å². The zero-order chi connectivity index (χ0) is 5.28. The molecule has 0 bridgehead atoms. The van der Waals surface area contributed by atoms with Crippen LogP contribution in [0, 0.1) is 0 Å². The van der Waals surface area contributed by atoms with E-state index in [9.17, 15) is 4.79 Å². The normalized spacial score (nSPS) is 23.8. The average Bonchev–Trinajstić information content (AvgIpc) is 2.17. The molecule has 1 aliphatic heterocycles. The molecular weight excluding hydrogens is 135 g/mol. The van der Waals surface area contributed by atoms with Crippen molar-refractivity contribution in [3.05, 3.63) is 0 Å². The van der Waals surface area contributed by atoms with Gasteiger partial charge in [0.05, 0.1) is 19.1 Å². The maximum atomic E-state index is 9.77.